The van der Waals surface area contributed by atoms with Crippen molar-refractivity contribution in [1.29, 1.82) is 0 Å². The number of unbranched alkanes of at least 4 members (excludes halogenated alkanes) is 2. The summed E-state index contributed by atoms with van der Waals surface area (Å²) >= 11 is 0. The molecule has 1 unspecified atom stereocenters. The van der Waals surface area contributed by atoms with Crippen LogP contribution in [0.5, 0.6) is 0 Å². The molecule has 1 saturated heterocycles. The summed E-state index contributed by atoms with van der Waals surface area (Å²) < 4.78 is 0. The van der Waals surface area contributed by atoms with Gasteiger partial charge in [-0.2, -0.15) is 0 Å². The third kappa shape index (κ3) is 5.29. The lowest BCUT2D eigenvalue weighted by molar-refractivity contribution is -0.136. The predicted molar refractivity (Wildman–Crippen MR) is 134 cm³/mol. The van der Waals surface area contributed by atoms with Crippen LogP contribution in [-0.4, -0.2) is 53.3 Å². The molecule has 2 heterocycles. The fraction of sp³-hybridized carbons (Fsp3) is 0.667. The first-order valence-electron chi connectivity index (χ1n) is 13.2. The monoisotopic (exact) mass is 468 g/mol. The van der Waals surface area contributed by atoms with Gasteiger partial charge in [0.1, 0.15) is 6.04 Å². The Morgan fingerprint density at radius 3 is 2.53 bits per heavy atom. The van der Waals surface area contributed by atoms with Crippen LogP contribution >= 0.6 is 0 Å². The van der Waals surface area contributed by atoms with E-state index in [1.807, 2.05) is 12.1 Å². The average molecular weight is 469 g/mol. The number of hydrogen-bond donors (Lipinski definition) is 2. The zero-order valence-corrected chi connectivity index (χ0v) is 20.9. The number of nitrogens with zero attached hydrogens (tertiary/aromatic N) is 2. The number of carbonyl (C=O) groups is 3. The van der Waals surface area contributed by atoms with Gasteiger partial charge in [-0.15, -0.1) is 0 Å². The van der Waals surface area contributed by atoms with Crippen molar-refractivity contribution >= 4 is 23.4 Å². The van der Waals surface area contributed by atoms with E-state index in [0.29, 0.717) is 36.7 Å². The molecule has 3 amide bonds. The number of fused-ring (bicyclic) bond motifs is 1. The van der Waals surface area contributed by atoms with Gasteiger partial charge >= 0.3 is 0 Å². The Bertz CT molecular complexity index is 907. The summed E-state index contributed by atoms with van der Waals surface area (Å²) in [4.78, 5) is 41.6. The number of imide groups is 1. The normalized spacial score (nSPS) is 25.0. The molecule has 3 aliphatic rings. The molecule has 186 valence electrons. The first-order chi connectivity index (χ1) is 16.4. The summed E-state index contributed by atoms with van der Waals surface area (Å²) in [5, 5.41) is 6.10. The van der Waals surface area contributed by atoms with Crippen molar-refractivity contribution in [3.05, 3.63) is 29.3 Å². The van der Waals surface area contributed by atoms with Crippen LogP contribution in [0, 0.1) is 0 Å². The zero-order valence-electron chi connectivity index (χ0n) is 20.9. The van der Waals surface area contributed by atoms with Crippen LogP contribution in [0.15, 0.2) is 18.2 Å². The number of benzene rings is 1. The molecule has 2 N–H and O–H groups in total. The first kappa shape index (κ1) is 24.7. The highest BCUT2D eigenvalue weighted by Crippen LogP contribution is 2.37. The Labute approximate surface area is 203 Å². The van der Waals surface area contributed by atoms with Crippen molar-refractivity contribution in [2.24, 2.45) is 0 Å². The molecule has 2 fully saturated rings. The van der Waals surface area contributed by atoms with Crippen LogP contribution < -0.4 is 15.5 Å². The van der Waals surface area contributed by atoms with Crippen LogP contribution in [0.3, 0.4) is 0 Å². The standard InChI is InChI=1S/C27H40N4O3/c1-4-5-6-16-30(20-12-10-19(11-13-20)28-18(2)3)23-9-7-8-21-22(23)17-31(27(21)34)24-14-15-25(32)29-26(24)33/h7-9,18-20,24,28H,4-6,10-17H2,1-3H3,(H,29,32,33). The van der Waals surface area contributed by atoms with E-state index in [1.165, 1.54) is 25.7 Å². The molecule has 1 saturated carbocycles. The van der Waals surface area contributed by atoms with E-state index in [2.05, 4.69) is 42.4 Å². The lowest BCUT2D eigenvalue weighted by Gasteiger charge is -2.40. The minimum Gasteiger partial charge on any atom is -0.368 e. The molecule has 2 aliphatic heterocycles. The third-order valence-electron chi connectivity index (χ3n) is 7.58. The van der Waals surface area contributed by atoms with Crippen LogP contribution in [0.2, 0.25) is 0 Å². The van der Waals surface area contributed by atoms with Gasteiger partial charge in [-0.1, -0.05) is 39.7 Å². The van der Waals surface area contributed by atoms with E-state index in [-0.39, 0.29) is 24.1 Å². The van der Waals surface area contributed by atoms with Crippen LogP contribution in [0.4, 0.5) is 5.69 Å². The highest BCUT2D eigenvalue weighted by molar-refractivity contribution is 6.06. The summed E-state index contributed by atoms with van der Waals surface area (Å²) in [7, 11) is 0. The van der Waals surface area contributed by atoms with Crippen molar-refractivity contribution < 1.29 is 14.4 Å². The van der Waals surface area contributed by atoms with Gasteiger partial charge in [0.25, 0.3) is 5.91 Å². The van der Waals surface area contributed by atoms with Crippen LogP contribution in [0.1, 0.15) is 94.5 Å². The highest BCUT2D eigenvalue weighted by atomic mass is 16.2. The lowest BCUT2D eigenvalue weighted by atomic mass is 9.88. The number of nitrogens with one attached hydrogen (secondary N) is 2. The van der Waals surface area contributed by atoms with Gasteiger partial charge in [0, 0.05) is 54.5 Å². The molecule has 7 heteroatoms. The van der Waals surface area contributed by atoms with E-state index in [9.17, 15) is 14.4 Å². The summed E-state index contributed by atoms with van der Waals surface area (Å²) in [6.07, 6.45) is 8.80. The smallest absolute Gasteiger partial charge is 0.255 e. The number of rotatable bonds is 9. The molecule has 7 nitrogen and oxygen atoms in total. The summed E-state index contributed by atoms with van der Waals surface area (Å²) in [6.45, 7) is 8.07. The molecule has 4 rings (SSSR count). The average Bonchev–Trinajstić information content (AvgIpc) is 3.14. The van der Waals surface area contributed by atoms with E-state index in [1.54, 1.807) is 4.90 Å². The number of carbonyl (C=O) groups excluding carboxylic acids is 3. The molecule has 0 radical (unpaired) electrons. The number of amides is 3. The van der Waals surface area contributed by atoms with Gasteiger partial charge in [-0.3, -0.25) is 19.7 Å². The van der Waals surface area contributed by atoms with Crippen molar-refractivity contribution in [2.45, 2.75) is 109 Å². The minimum atomic E-state index is -0.573. The fourth-order valence-corrected chi connectivity index (χ4v) is 5.90. The van der Waals surface area contributed by atoms with Gasteiger partial charge in [0.2, 0.25) is 11.8 Å². The zero-order chi connectivity index (χ0) is 24.2. The molecule has 1 atom stereocenters. The second-order valence-corrected chi connectivity index (χ2v) is 10.4. The minimum absolute atomic E-state index is 0.0929. The molecule has 0 aromatic heterocycles. The van der Waals surface area contributed by atoms with Crippen molar-refractivity contribution in [3.8, 4) is 0 Å². The first-order valence-corrected chi connectivity index (χ1v) is 13.2. The maximum atomic E-state index is 13.3. The summed E-state index contributed by atoms with van der Waals surface area (Å²) in [6, 6.07) is 7.01. The molecular weight excluding hydrogens is 428 g/mol. The second-order valence-electron chi connectivity index (χ2n) is 10.4. The molecule has 1 aromatic carbocycles. The Balaban J connectivity index is 1.55. The topological polar surface area (TPSA) is 81.8 Å². The third-order valence-corrected chi connectivity index (χ3v) is 7.58. The quantitative estimate of drug-likeness (QED) is 0.426. The number of piperidine rings is 1. The molecule has 34 heavy (non-hydrogen) atoms. The molecule has 1 aliphatic carbocycles. The van der Waals surface area contributed by atoms with Gasteiger partial charge in [0.15, 0.2) is 0 Å². The number of anilines is 1. The lowest BCUT2D eigenvalue weighted by Crippen LogP contribution is -2.52. The summed E-state index contributed by atoms with van der Waals surface area (Å²) in [5.74, 6) is -0.699. The van der Waals surface area contributed by atoms with E-state index in [0.717, 1.165) is 37.1 Å². The Morgan fingerprint density at radius 1 is 1.09 bits per heavy atom. The van der Waals surface area contributed by atoms with Crippen molar-refractivity contribution in [3.63, 3.8) is 0 Å². The molecule has 1 aromatic rings. The molecular formula is C27H40N4O3. The Morgan fingerprint density at radius 2 is 1.85 bits per heavy atom. The maximum Gasteiger partial charge on any atom is 0.255 e. The largest absolute Gasteiger partial charge is 0.368 e. The van der Waals surface area contributed by atoms with Crippen molar-refractivity contribution in [1.82, 2.24) is 15.5 Å². The van der Waals surface area contributed by atoms with Gasteiger partial charge < -0.3 is 15.1 Å². The van der Waals surface area contributed by atoms with Gasteiger partial charge in [-0.25, -0.2) is 0 Å². The second kappa shape index (κ2) is 10.9. The SMILES string of the molecule is CCCCCN(c1cccc2c1CN(C1CCC(=O)NC1=O)C2=O)C1CCC(NC(C)C)CC1. The molecule has 0 spiro atoms. The van der Waals surface area contributed by atoms with Crippen LogP contribution in [-0.2, 0) is 16.1 Å². The number of hydrogen-bond acceptors (Lipinski definition) is 5. The molecule has 0 bridgehead atoms. The summed E-state index contributed by atoms with van der Waals surface area (Å²) in [5.41, 5.74) is 2.89. The van der Waals surface area contributed by atoms with E-state index >= 15 is 0 Å². The van der Waals surface area contributed by atoms with Crippen LogP contribution in [0.25, 0.3) is 0 Å². The van der Waals surface area contributed by atoms with Gasteiger partial charge in [0.05, 0.1) is 0 Å². The van der Waals surface area contributed by atoms with E-state index < -0.39 is 6.04 Å². The predicted octanol–water partition coefficient (Wildman–Crippen LogP) is 3.75. The van der Waals surface area contributed by atoms with Crippen molar-refractivity contribution in [2.75, 3.05) is 11.4 Å². The Hall–Kier alpha value is -2.41. The Kier molecular flexibility index (Phi) is 7.91. The van der Waals surface area contributed by atoms with Gasteiger partial charge in [-0.05, 0) is 50.7 Å². The van der Waals surface area contributed by atoms with E-state index in [4.69, 9.17) is 0 Å². The maximum absolute atomic E-state index is 13.3. The fourth-order valence-electron chi connectivity index (χ4n) is 5.90. The highest BCUT2D eigenvalue weighted by Gasteiger charge is 2.40.